The Morgan fingerprint density at radius 2 is 1.59 bits per heavy atom. The lowest BCUT2D eigenvalue weighted by atomic mass is 9.99. The van der Waals surface area contributed by atoms with Gasteiger partial charge in [-0.3, -0.25) is 14.9 Å². The molecule has 3 aromatic carbocycles. The summed E-state index contributed by atoms with van der Waals surface area (Å²) in [7, 11) is 1.47. The minimum Gasteiger partial charge on any atom is -0.495 e. The summed E-state index contributed by atoms with van der Waals surface area (Å²) in [6.07, 6.45) is 0. The van der Waals surface area contributed by atoms with Gasteiger partial charge in [-0.15, -0.1) is 0 Å². The van der Waals surface area contributed by atoms with Crippen molar-refractivity contribution < 1.29 is 14.5 Å². The predicted molar refractivity (Wildman–Crippen MR) is 111 cm³/mol. The zero-order valence-electron chi connectivity index (χ0n) is 15.9. The number of non-ortho nitro benzene ring substituents is 1. The summed E-state index contributed by atoms with van der Waals surface area (Å²) in [5.74, 6) is 0.169. The van der Waals surface area contributed by atoms with Gasteiger partial charge in [0.25, 0.3) is 5.69 Å². The van der Waals surface area contributed by atoms with Gasteiger partial charge in [-0.25, -0.2) is 0 Å². The molecule has 0 spiro atoms. The molecule has 2 N–H and O–H groups in total. The van der Waals surface area contributed by atoms with Gasteiger partial charge < -0.3 is 15.4 Å². The van der Waals surface area contributed by atoms with Crippen LogP contribution in [0.2, 0.25) is 0 Å². The highest BCUT2D eigenvalue weighted by atomic mass is 16.6. The van der Waals surface area contributed by atoms with Crippen molar-refractivity contribution in [3.63, 3.8) is 0 Å². The third kappa shape index (κ3) is 5.10. The number of ether oxygens (including phenoxy) is 1. The third-order valence-electron chi connectivity index (χ3n) is 4.40. The summed E-state index contributed by atoms with van der Waals surface area (Å²) in [6.45, 7) is -0.0618. The van der Waals surface area contributed by atoms with Gasteiger partial charge in [0.2, 0.25) is 5.91 Å². The molecule has 0 aromatic heterocycles. The molecule has 0 aliphatic carbocycles. The van der Waals surface area contributed by atoms with E-state index in [9.17, 15) is 14.9 Å². The quantitative estimate of drug-likeness (QED) is 0.448. The zero-order valence-corrected chi connectivity index (χ0v) is 15.9. The van der Waals surface area contributed by atoms with Crippen molar-refractivity contribution >= 4 is 17.3 Å². The van der Waals surface area contributed by atoms with E-state index in [2.05, 4.69) is 10.6 Å². The average Bonchev–Trinajstić information content (AvgIpc) is 2.77. The number of carbonyl (C=O) groups excluding carboxylic acids is 1. The average molecular weight is 391 g/mol. The molecular weight excluding hydrogens is 370 g/mol. The van der Waals surface area contributed by atoms with E-state index in [4.69, 9.17) is 4.74 Å². The Kier molecular flexibility index (Phi) is 6.42. The van der Waals surface area contributed by atoms with Crippen LogP contribution in [0.4, 0.5) is 11.4 Å². The molecular formula is C22H21N3O4. The van der Waals surface area contributed by atoms with E-state index < -0.39 is 4.92 Å². The van der Waals surface area contributed by atoms with Gasteiger partial charge in [0.15, 0.2) is 0 Å². The fourth-order valence-electron chi connectivity index (χ4n) is 2.99. The van der Waals surface area contributed by atoms with Gasteiger partial charge in [0.1, 0.15) is 5.75 Å². The SMILES string of the molecule is COc1ccc([N+](=O)[O-])cc1NCC(=O)NC(c1ccccc1)c1ccccc1. The number of nitro benzene ring substituents is 1. The van der Waals surface area contributed by atoms with Crippen molar-refractivity contribution in [3.8, 4) is 5.75 Å². The molecule has 0 bridgehead atoms. The molecule has 0 aliphatic rings. The van der Waals surface area contributed by atoms with Crippen molar-refractivity contribution in [1.82, 2.24) is 5.32 Å². The Balaban J connectivity index is 1.75. The first-order chi connectivity index (χ1) is 14.1. The molecule has 3 aromatic rings. The van der Waals surface area contributed by atoms with Crippen molar-refractivity contribution in [2.24, 2.45) is 0 Å². The fraction of sp³-hybridized carbons (Fsp3) is 0.136. The number of nitro groups is 1. The maximum atomic E-state index is 12.6. The van der Waals surface area contributed by atoms with Gasteiger partial charge >= 0.3 is 0 Å². The summed E-state index contributed by atoms with van der Waals surface area (Å²) in [5.41, 5.74) is 2.22. The predicted octanol–water partition coefficient (Wildman–Crippen LogP) is 3.92. The van der Waals surface area contributed by atoms with Crippen molar-refractivity contribution in [2.75, 3.05) is 19.0 Å². The third-order valence-corrected chi connectivity index (χ3v) is 4.40. The number of nitrogens with one attached hydrogen (secondary N) is 2. The largest absolute Gasteiger partial charge is 0.495 e. The Labute approximate surface area is 168 Å². The van der Waals surface area contributed by atoms with Gasteiger partial charge in [-0.05, 0) is 17.2 Å². The number of nitrogens with zero attached hydrogens (tertiary/aromatic N) is 1. The second kappa shape index (κ2) is 9.36. The summed E-state index contributed by atoms with van der Waals surface area (Å²) in [6, 6.07) is 23.2. The Bertz CT molecular complexity index is 938. The first-order valence-electron chi connectivity index (χ1n) is 9.04. The molecule has 29 heavy (non-hydrogen) atoms. The monoisotopic (exact) mass is 391 g/mol. The van der Waals surface area contributed by atoms with Crippen LogP contribution in [0.25, 0.3) is 0 Å². The van der Waals surface area contributed by atoms with Crippen LogP contribution in [0.15, 0.2) is 78.9 Å². The lowest BCUT2D eigenvalue weighted by Crippen LogP contribution is -2.34. The first kappa shape index (κ1) is 19.9. The zero-order chi connectivity index (χ0) is 20.6. The molecule has 148 valence electrons. The number of carbonyl (C=O) groups is 1. The standard InChI is InChI=1S/C22H21N3O4/c1-29-20-13-12-18(25(27)28)14-19(20)23-15-21(26)24-22(16-8-4-2-5-9-16)17-10-6-3-7-11-17/h2-14,22-23H,15H2,1H3,(H,24,26). The molecule has 0 saturated heterocycles. The van der Waals surface area contributed by atoms with Crippen molar-refractivity contribution in [2.45, 2.75) is 6.04 Å². The van der Waals surface area contributed by atoms with Crippen molar-refractivity contribution in [3.05, 3.63) is 100 Å². The molecule has 7 nitrogen and oxygen atoms in total. The lowest BCUT2D eigenvalue weighted by molar-refractivity contribution is -0.384. The van der Waals surface area contributed by atoms with E-state index in [-0.39, 0.29) is 24.2 Å². The molecule has 0 saturated carbocycles. The second-order valence-corrected chi connectivity index (χ2v) is 6.32. The van der Waals surface area contributed by atoms with Crippen molar-refractivity contribution in [1.29, 1.82) is 0 Å². The fourth-order valence-corrected chi connectivity index (χ4v) is 2.99. The molecule has 3 rings (SSSR count). The molecule has 0 aliphatic heterocycles. The summed E-state index contributed by atoms with van der Waals surface area (Å²) in [4.78, 5) is 23.2. The van der Waals surface area contributed by atoms with Gasteiger partial charge in [0, 0.05) is 12.1 Å². The normalized spacial score (nSPS) is 10.4. The van der Waals surface area contributed by atoms with E-state index in [0.29, 0.717) is 11.4 Å². The molecule has 0 radical (unpaired) electrons. The molecule has 1 amide bonds. The number of hydrogen-bond acceptors (Lipinski definition) is 5. The van der Waals surface area contributed by atoms with E-state index in [1.165, 1.54) is 25.3 Å². The van der Waals surface area contributed by atoms with E-state index in [0.717, 1.165) is 11.1 Å². The number of methoxy groups -OCH3 is 1. The lowest BCUT2D eigenvalue weighted by Gasteiger charge is -2.20. The highest BCUT2D eigenvalue weighted by Crippen LogP contribution is 2.28. The second-order valence-electron chi connectivity index (χ2n) is 6.32. The molecule has 0 atom stereocenters. The van der Waals surface area contributed by atoms with E-state index >= 15 is 0 Å². The van der Waals surface area contributed by atoms with Crippen LogP contribution in [0.5, 0.6) is 5.75 Å². The minimum absolute atomic E-state index is 0.0618. The highest BCUT2D eigenvalue weighted by molar-refractivity contribution is 5.82. The van der Waals surface area contributed by atoms with Crippen LogP contribution in [-0.4, -0.2) is 24.5 Å². The smallest absolute Gasteiger partial charge is 0.271 e. The van der Waals surface area contributed by atoms with Crippen LogP contribution in [0.3, 0.4) is 0 Å². The molecule has 0 unspecified atom stereocenters. The van der Waals surface area contributed by atoms with E-state index in [1.54, 1.807) is 0 Å². The number of rotatable bonds is 8. The number of anilines is 1. The van der Waals surface area contributed by atoms with Crippen LogP contribution >= 0.6 is 0 Å². The summed E-state index contributed by atoms with van der Waals surface area (Å²) in [5, 5.41) is 17.0. The van der Waals surface area contributed by atoms with E-state index in [1.807, 2.05) is 60.7 Å². The first-order valence-corrected chi connectivity index (χ1v) is 9.04. The maximum absolute atomic E-state index is 12.6. The molecule has 0 fully saturated rings. The van der Waals surface area contributed by atoms with Gasteiger partial charge in [-0.2, -0.15) is 0 Å². The number of hydrogen-bond donors (Lipinski definition) is 2. The molecule has 0 heterocycles. The topological polar surface area (TPSA) is 93.5 Å². The van der Waals surface area contributed by atoms with Crippen LogP contribution < -0.4 is 15.4 Å². The van der Waals surface area contributed by atoms with Crippen LogP contribution in [0.1, 0.15) is 17.2 Å². The Hall–Kier alpha value is -3.87. The maximum Gasteiger partial charge on any atom is 0.271 e. The number of amides is 1. The molecule has 7 heteroatoms. The highest BCUT2D eigenvalue weighted by Gasteiger charge is 2.17. The summed E-state index contributed by atoms with van der Waals surface area (Å²) >= 11 is 0. The van der Waals surface area contributed by atoms with Crippen LogP contribution in [0, 0.1) is 10.1 Å². The number of benzene rings is 3. The summed E-state index contributed by atoms with van der Waals surface area (Å²) < 4.78 is 5.22. The van der Waals surface area contributed by atoms with Gasteiger partial charge in [-0.1, -0.05) is 60.7 Å². The Morgan fingerprint density at radius 1 is 1.00 bits per heavy atom. The minimum atomic E-state index is -0.495. The van der Waals surface area contributed by atoms with Gasteiger partial charge in [0.05, 0.1) is 30.3 Å². The van der Waals surface area contributed by atoms with Crippen LogP contribution in [-0.2, 0) is 4.79 Å². The Morgan fingerprint density at radius 3 is 2.10 bits per heavy atom.